The van der Waals surface area contributed by atoms with E-state index in [0.717, 1.165) is 27.6 Å². The van der Waals surface area contributed by atoms with Gasteiger partial charge in [0.1, 0.15) is 0 Å². The minimum absolute atomic E-state index is 0.167. The Morgan fingerprint density at radius 3 is 2.54 bits per heavy atom. The number of hydrogen-bond acceptors (Lipinski definition) is 3. The summed E-state index contributed by atoms with van der Waals surface area (Å²) in [5, 5.41) is 0. The summed E-state index contributed by atoms with van der Waals surface area (Å²) in [7, 11) is 6.55. The van der Waals surface area contributed by atoms with E-state index in [1.165, 1.54) is 19.3 Å². The van der Waals surface area contributed by atoms with Crippen molar-refractivity contribution in [3.05, 3.63) is 11.3 Å². The molecule has 3 rings (SSSR count). The first-order valence-corrected chi connectivity index (χ1v) is 20.2. The molecule has 0 spiro atoms. The molecule has 0 aromatic rings. The zero-order valence-electron chi connectivity index (χ0n) is 17.3. The average Bonchev–Trinajstić information content (AvgIpc) is 2.53. The third-order valence-electron chi connectivity index (χ3n) is 8.17. The van der Waals surface area contributed by atoms with Crippen molar-refractivity contribution < 1.29 is 37.6 Å². The third-order valence-corrected chi connectivity index (χ3v) is 18.6. The molecule has 0 bridgehead atoms. The summed E-state index contributed by atoms with van der Waals surface area (Å²) in [6, 6.07) is 0. The van der Waals surface area contributed by atoms with E-state index in [1.807, 2.05) is 13.8 Å². The number of esters is 1. The van der Waals surface area contributed by atoms with Gasteiger partial charge < -0.3 is 0 Å². The number of allylic oxidation sites excluding steroid dienone is 1. The van der Waals surface area contributed by atoms with Crippen molar-refractivity contribution in [2.24, 2.45) is 22.7 Å². The standard InChI is InChI=1S/C21H33O3.ClH.Hg/c1-7-23-18(22)15-13-17-20(5)11-8-10-19(3,4)16(20)9-12-21(17,6)24-14(15)2;;/h10,16-17H,7-9,11-13H2,1-6H3;1H;/q;;+1/p-1/t16-,17+,20-,21+;;/m0../s1. The van der Waals surface area contributed by atoms with E-state index in [2.05, 4.69) is 27.7 Å². The fourth-order valence-corrected chi connectivity index (χ4v) is 15.5. The van der Waals surface area contributed by atoms with E-state index in [0.29, 0.717) is 23.9 Å². The molecule has 144 valence electrons. The molecule has 2 fully saturated rings. The van der Waals surface area contributed by atoms with Gasteiger partial charge in [-0.25, -0.2) is 0 Å². The number of hydrogen-bond donors (Lipinski definition) is 0. The van der Waals surface area contributed by atoms with Crippen LogP contribution in [0.1, 0.15) is 73.6 Å². The van der Waals surface area contributed by atoms with Crippen LogP contribution in [0.3, 0.4) is 0 Å². The third kappa shape index (κ3) is 3.17. The van der Waals surface area contributed by atoms with Crippen LogP contribution in [-0.4, -0.2) is 18.2 Å². The van der Waals surface area contributed by atoms with Gasteiger partial charge in [0.15, 0.2) is 0 Å². The molecule has 0 saturated heterocycles. The molecule has 1 aliphatic heterocycles. The van der Waals surface area contributed by atoms with Crippen molar-refractivity contribution in [2.45, 2.75) is 82.7 Å². The predicted octanol–water partition coefficient (Wildman–Crippen LogP) is 5.88. The molecule has 0 N–H and O–H groups in total. The SMILES string of the molecule is CCOC(=O)C1=C(C)O[C@]2(C)CC[C@H]3C(C)(C)[C@@H]([Hg][Cl])CC[C@]3(C)[C@H]2C1. The maximum atomic E-state index is 12.5. The van der Waals surface area contributed by atoms with Crippen LogP contribution >= 0.6 is 8.25 Å². The van der Waals surface area contributed by atoms with Gasteiger partial charge in [-0.3, -0.25) is 0 Å². The summed E-state index contributed by atoms with van der Waals surface area (Å²) in [5.74, 6) is 1.61. The van der Waals surface area contributed by atoms with E-state index in [9.17, 15) is 4.79 Å². The normalized spacial score (nSPS) is 41.4. The van der Waals surface area contributed by atoms with E-state index >= 15 is 0 Å². The topological polar surface area (TPSA) is 35.5 Å². The molecule has 0 aromatic heterocycles. The number of rotatable bonds is 3. The second kappa shape index (κ2) is 7.24. The first-order valence-electron chi connectivity index (χ1n) is 10.2. The van der Waals surface area contributed by atoms with Crippen LogP contribution in [0.2, 0.25) is 3.43 Å². The Labute approximate surface area is 174 Å². The van der Waals surface area contributed by atoms with Crippen LogP contribution in [0.4, 0.5) is 0 Å². The number of ether oxygens (including phenoxy) is 2. The predicted molar refractivity (Wildman–Crippen MR) is 100 cm³/mol. The second-order valence-electron chi connectivity index (χ2n) is 9.73. The zero-order valence-corrected chi connectivity index (χ0v) is 23.5. The molecule has 5 atom stereocenters. The Balaban J connectivity index is 1.97. The Kier molecular flexibility index (Phi) is 5.84. The van der Waals surface area contributed by atoms with Gasteiger partial charge >= 0.3 is 175 Å². The summed E-state index contributed by atoms with van der Waals surface area (Å²) in [6.45, 7) is 13.9. The van der Waals surface area contributed by atoms with Crippen LogP contribution in [0.5, 0.6) is 0 Å². The molecule has 26 heavy (non-hydrogen) atoms. The Morgan fingerprint density at radius 1 is 1.23 bits per heavy atom. The van der Waals surface area contributed by atoms with Crippen molar-refractivity contribution in [1.82, 2.24) is 0 Å². The van der Waals surface area contributed by atoms with E-state index in [4.69, 9.17) is 17.7 Å². The van der Waals surface area contributed by atoms with Gasteiger partial charge in [0, 0.05) is 0 Å². The van der Waals surface area contributed by atoms with Gasteiger partial charge in [0.2, 0.25) is 0 Å². The number of carbonyl (C=O) groups excluding carboxylic acids is 1. The quantitative estimate of drug-likeness (QED) is 0.315. The van der Waals surface area contributed by atoms with Gasteiger partial charge in [-0.15, -0.1) is 0 Å². The van der Waals surface area contributed by atoms with E-state index < -0.39 is 23.3 Å². The number of carbonyl (C=O) groups is 1. The number of halogens is 1. The fraction of sp³-hybridized carbons (Fsp3) is 0.857. The van der Waals surface area contributed by atoms with E-state index in [1.54, 1.807) is 0 Å². The Bertz CT molecular complexity index is 616. The summed E-state index contributed by atoms with van der Waals surface area (Å²) in [4.78, 5) is 12.5. The average molecular weight is 570 g/mol. The Morgan fingerprint density at radius 2 is 1.92 bits per heavy atom. The van der Waals surface area contributed by atoms with Crippen molar-refractivity contribution in [3.8, 4) is 0 Å². The summed E-state index contributed by atoms with van der Waals surface area (Å²) in [6.07, 6.45) is 5.55. The van der Waals surface area contributed by atoms with E-state index in [-0.39, 0.29) is 17.0 Å². The van der Waals surface area contributed by atoms with Crippen molar-refractivity contribution in [3.63, 3.8) is 0 Å². The van der Waals surface area contributed by atoms with Gasteiger partial charge in [-0.2, -0.15) is 0 Å². The molecule has 2 saturated carbocycles. The van der Waals surface area contributed by atoms with Gasteiger partial charge in [-0.05, 0) is 0 Å². The molecule has 0 unspecified atom stereocenters. The first-order chi connectivity index (χ1) is 12.1. The van der Waals surface area contributed by atoms with Crippen LogP contribution in [0, 0.1) is 22.7 Å². The summed E-state index contributed by atoms with van der Waals surface area (Å²) < 4.78 is 12.6. The molecule has 3 aliphatic rings. The van der Waals surface area contributed by atoms with Crippen LogP contribution < -0.4 is 0 Å². The maximum absolute atomic E-state index is 12.5. The molecule has 3 nitrogen and oxygen atoms in total. The molecule has 0 aromatic carbocycles. The molecule has 0 radical (unpaired) electrons. The Hall–Kier alpha value is 0.235. The van der Waals surface area contributed by atoms with Crippen LogP contribution in [0.15, 0.2) is 11.3 Å². The number of fused-ring (bicyclic) bond motifs is 3. The molecular formula is C21H33ClHgO3. The minimum atomic E-state index is -1.30. The van der Waals surface area contributed by atoms with Crippen molar-refractivity contribution in [2.75, 3.05) is 6.61 Å². The van der Waals surface area contributed by atoms with Gasteiger partial charge in [0.25, 0.3) is 0 Å². The monoisotopic (exact) mass is 570 g/mol. The summed E-state index contributed by atoms with van der Waals surface area (Å²) >= 11 is -1.30. The zero-order chi connectivity index (χ0) is 19.3. The molecule has 1 heterocycles. The van der Waals surface area contributed by atoms with Gasteiger partial charge in [0.05, 0.1) is 0 Å². The molecule has 0 amide bonds. The summed E-state index contributed by atoms with van der Waals surface area (Å²) in [5.41, 5.74) is 1.11. The fourth-order valence-electron chi connectivity index (χ4n) is 6.64. The van der Waals surface area contributed by atoms with Crippen molar-refractivity contribution in [1.29, 1.82) is 0 Å². The molecular weight excluding hydrogens is 536 g/mol. The van der Waals surface area contributed by atoms with Crippen LogP contribution in [-0.2, 0) is 37.6 Å². The molecule has 2 aliphatic carbocycles. The van der Waals surface area contributed by atoms with Gasteiger partial charge in [-0.1, -0.05) is 0 Å². The van der Waals surface area contributed by atoms with Crippen molar-refractivity contribution >= 4 is 14.2 Å². The first kappa shape index (κ1) is 21.0. The molecule has 5 heteroatoms. The second-order valence-corrected chi connectivity index (χ2v) is 17.5. The van der Waals surface area contributed by atoms with Crippen LogP contribution in [0.25, 0.3) is 0 Å².